The Morgan fingerprint density at radius 2 is 1.72 bits per heavy atom. The van der Waals surface area contributed by atoms with Gasteiger partial charge in [-0.25, -0.2) is 0 Å². The summed E-state index contributed by atoms with van der Waals surface area (Å²) in [6, 6.07) is 3.81. The van der Waals surface area contributed by atoms with E-state index in [1.807, 2.05) is 26.0 Å². The largest absolute Gasteiger partial charge is 0.493 e. The second-order valence-electron chi connectivity index (χ2n) is 3.76. The van der Waals surface area contributed by atoms with Crippen molar-refractivity contribution in [2.24, 2.45) is 0 Å². The van der Waals surface area contributed by atoms with Crippen LogP contribution in [0.2, 0.25) is 0 Å². The minimum atomic E-state index is -0.349. The predicted molar refractivity (Wildman–Crippen MR) is 71.1 cm³/mol. The van der Waals surface area contributed by atoms with Gasteiger partial charge in [-0.15, -0.1) is 0 Å². The number of hydrogen-bond donors (Lipinski definition) is 0. The number of rotatable bonds is 5. The molecule has 0 unspecified atom stereocenters. The van der Waals surface area contributed by atoms with Crippen LogP contribution in [0.15, 0.2) is 16.6 Å². The Balaban J connectivity index is 2.33. The van der Waals surface area contributed by atoms with E-state index in [4.69, 9.17) is 18.9 Å². The summed E-state index contributed by atoms with van der Waals surface area (Å²) < 4.78 is 23.1. The predicted octanol–water partition coefficient (Wildman–Crippen LogP) is 3.29. The van der Waals surface area contributed by atoms with Crippen molar-refractivity contribution in [1.82, 2.24) is 0 Å². The normalized spacial score (nSPS) is 15.9. The molecule has 1 aliphatic heterocycles. The molecule has 5 heteroatoms. The lowest BCUT2D eigenvalue weighted by Gasteiger charge is -2.17. The summed E-state index contributed by atoms with van der Waals surface area (Å²) in [5.41, 5.74) is 0.893. The van der Waals surface area contributed by atoms with E-state index in [0.29, 0.717) is 26.4 Å². The molecule has 18 heavy (non-hydrogen) atoms. The van der Waals surface area contributed by atoms with Crippen LogP contribution in [0.5, 0.6) is 11.5 Å². The van der Waals surface area contributed by atoms with Crippen LogP contribution in [0.1, 0.15) is 25.7 Å². The van der Waals surface area contributed by atoms with Gasteiger partial charge in [0.05, 0.1) is 36.5 Å². The molecule has 1 aromatic carbocycles. The summed E-state index contributed by atoms with van der Waals surface area (Å²) in [4.78, 5) is 0. The highest BCUT2D eigenvalue weighted by Crippen LogP contribution is 2.38. The molecule has 0 N–H and O–H groups in total. The SMILES string of the molecule is CCOc1cc(OCC)c(C2OCCO2)cc1Br. The highest BCUT2D eigenvalue weighted by Gasteiger charge is 2.24. The van der Waals surface area contributed by atoms with Crippen molar-refractivity contribution in [2.75, 3.05) is 26.4 Å². The molecule has 2 rings (SSSR count). The first-order chi connectivity index (χ1) is 8.76. The summed E-state index contributed by atoms with van der Waals surface area (Å²) >= 11 is 3.49. The third-order valence-corrected chi connectivity index (χ3v) is 3.16. The molecule has 0 spiro atoms. The third-order valence-electron chi connectivity index (χ3n) is 2.54. The van der Waals surface area contributed by atoms with Crippen molar-refractivity contribution in [3.8, 4) is 11.5 Å². The van der Waals surface area contributed by atoms with E-state index >= 15 is 0 Å². The number of halogens is 1. The quantitative estimate of drug-likeness (QED) is 0.835. The molecule has 4 nitrogen and oxygen atoms in total. The molecule has 0 amide bonds. The van der Waals surface area contributed by atoms with Crippen LogP contribution >= 0.6 is 15.9 Å². The molecule has 1 aliphatic rings. The summed E-state index contributed by atoms with van der Waals surface area (Å²) in [6.45, 7) is 6.32. The Labute approximate surface area is 115 Å². The maximum absolute atomic E-state index is 5.63. The van der Waals surface area contributed by atoms with Crippen molar-refractivity contribution in [1.29, 1.82) is 0 Å². The highest BCUT2D eigenvalue weighted by atomic mass is 79.9. The average Bonchev–Trinajstić information content (AvgIpc) is 2.87. The van der Waals surface area contributed by atoms with Gasteiger partial charge in [-0.05, 0) is 35.8 Å². The lowest BCUT2D eigenvalue weighted by atomic mass is 10.2. The van der Waals surface area contributed by atoms with Crippen LogP contribution < -0.4 is 9.47 Å². The molecule has 1 aromatic rings. The van der Waals surface area contributed by atoms with Crippen LogP contribution in [-0.2, 0) is 9.47 Å². The van der Waals surface area contributed by atoms with Crippen LogP contribution in [0, 0.1) is 0 Å². The molecule has 1 fully saturated rings. The second kappa shape index (κ2) is 6.41. The van der Waals surface area contributed by atoms with Crippen LogP contribution in [0.3, 0.4) is 0 Å². The van der Waals surface area contributed by atoms with E-state index in [2.05, 4.69) is 15.9 Å². The molecule has 0 radical (unpaired) electrons. The lowest BCUT2D eigenvalue weighted by Crippen LogP contribution is -2.05. The Bertz CT molecular complexity index is 402. The Kier molecular flexibility index (Phi) is 4.86. The van der Waals surface area contributed by atoms with Gasteiger partial charge < -0.3 is 18.9 Å². The molecule has 0 aliphatic carbocycles. The zero-order valence-corrected chi connectivity index (χ0v) is 12.2. The maximum atomic E-state index is 5.63. The zero-order valence-electron chi connectivity index (χ0n) is 10.6. The van der Waals surface area contributed by atoms with Crippen LogP contribution in [-0.4, -0.2) is 26.4 Å². The van der Waals surface area contributed by atoms with Crippen molar-refractivity contribution in [3.05, 3.63) is 22.2 Å². The second-order valence-corrected chi connectivity index (χ2v) is 4.61. The Hall–Kier alpha value is -0.780. The number of ether oxygens (including phenoxy) is 4. The Morgan fingerprint density at radius 1 is 1.11 bits per heavy atom. The van der Waals surface area contributed by atoms with E-state index in [-0.39, 0.29) is 6.29 Å². The molecule has 0 atom stereocenters. The van der Waals surface area contributed by atoms with Gasteiger partial charge in [0, 0.05) is 6.07 Å². The van der Waals surface area contributed by atoms with E-state index in [0.717, 1.165) is 21.5 Å². The van der Waals surface area contributed by atoms with E-state index in [1.54, 1.807) is 0 Å². The van der Waals surface area contributed by atoms with Gasteiger partial charge in [0.2, 0.25) is 0 Å². The topological polar surface area (TPSA) is 36.9 Å². The van der Waals surface area contributed by atoms with Crippen molar-refractivity contribution >= 4 is 15.9 Å². The highest BCUT2D eigenvalue weighted by molar-refractivity contribution is 9.10. The summed E-state index contributed by atoms with van der Waals surface area (Å²) in [6.07, 6.45) is -0.349. The van der Waals surface area contributed by atoms with Gasteiger partial charge in [-0.1, -0.05) is 0 Å². The van der Waals surface area contributed by atoms with E-state index < -0.39 is 0 Å². The summed E-state index contributed by atoms with van der Waals surface area (Å²) in [7, 11) is 0. The summed E-state index contributed by atoms with van der Waals surface area (Å²) in [5, 5.41) is 0. The third kappa shape index (κ3) is 2.96. The van der Waals surface area contributed by atoms with Crippen molar-refractivity contribution in [3.63, 3.8) is 0 Å². The van der Waals surface area contributed by atoms with Crippen molar-refractivity contribution in [2.45, 2.75) is 20.1 Å². The van der Waals surface area contributed by atoms with Crippen LogP contribution in [0.4, 0.5) is 0 Å². The monoisotopic (exact) mass is 316 g/mol. The van der Waals surface area contributed by atoms with Gasteiger partial charge in [0.25, 0.3) is 0 Å². The minimum absolute atomic E-state index is 0.349. The smallest absolute Gasteiger partial charge is 0.187 e. The molecule has 1 saturated heterocycles. The fourth-order valence-corrected chi connectivity index (χ4v) is 2.29. The molecular weight excluding hydrogens is 300 g/mol. The zero-order chi connectivity index (χ0) is 13.0. The van der Waals surface area contributed by atoms with Gasteiger partial charge in [0.15, 0.2) is 6.29 Å². The molecule has 100 valence electrons. The van der Waals surface area contributed by atoms with Gasteiger partial charge in [0.1, 0.15) is 11.5 Å². The first-order valence-corrected chi connectivity index (χ1v) is 6.87. The fourth-order valence-electron chi connectivity index (χ4n) is 1.82. The maximum Gasteiger partial charge on any atom is 0.187 e. The number of benzene rings is 1. The first-order valence-electron chi connectivity index (χ1n) is 6.08. The van der Waals surface area contributed by atoms with Gasteiger partial charge in [-0.3, -0.25) is 0 Å². The molecular formula is C13H17BrO4. The molecule has 0 saturated carbocycles. The first kappa shape index (κ1) is 13.6. The Morgan fingerprint density at radius 3 is 2.33 bits per heavy atom. The molecule has 1 heterocycles. The van der Waals surface area contributed by atoms with Gasteiger partial charge >= 0.3 is 0 Å². The number of hydrogen-bond acceptors (Lipinski definition) is 4. The fraction of sp³-hybridized carbons (Fsp3) is 0.538. The average molecular weight is 317 g/mol. The molecule has 0 bridgehead atoms. The standard InChI is InChI=1S/C13H17BrO4/c1-3-15-11-8-12(16-4-2)10(14)7-9(11)13-17-5-6-18-13/h7-8,13H,3-6H2,1-2H3. The van der Waals surface area contributed by atoms with Gasteiger partial charge in [-0.2, -0.15) is 0 Å². The minimum Gasteiger partial charge on any atom is -0.493 e. The summed E-state index contributed by atoms with van der Waals surface area (Å²) in [5.74, 6) is 1.51. The van der Waals surface area contributed by atoms with Crippen molar-refractivity contribution < 1.29 is 18.9 Å². The van der Waals surface area contributed by atoms with E-state index in [1.165, 1.54) is 0 Å². The van der Waals surface area contributed by atoms with Crippen LogP contribution in [0.25, 0.3) is 0 Å². The van der Waals surface area contributed by atoms with E-state index in [9.17, 15) is 0 Å². The molecule has 0 aromatic heterocycles. The lowest BCUT2D eigenvalue weighted by molar-refractivity contribution is -0.0457.